The molecule has 0 atom stereocenters. The minimum atomic E-state index is 0.347. The Morgan fingerprint density at radius 1 is 1.00 bits per heavy atom. The molecule has 1 heterocycles. The number of benzene rings is 1. The molecule has 15 heavy (non-hydrogen) atoms. The standard InChI is InChI=1S/C13H13NO/c1-10-9-12(3-4-13(10)15)11-5-7-14(2)8-6-11/h3-9H,1-2H3/p+1. The number of pyridine rings is 1. The van der Waals surface area contributed by atoms with E-state index >= 15 is 0 Å². The first kappa shape index (κ1) is 9.71. The average molecular weight is 200 g/mol. The molecule has 1 N–H and O–H groups in total. The Balaban J connectivity index is 2.45. The minimum Gasteiger partial charge on any atom is -0.508 e. The van der Waals surface area contributed by atoms with Gasteiger partial charge in [-0.3, -0.25) is 0 Å². The van der Waals surface area contributed by atoms with E-state index in [9.17, 15) is 5.11 Å². The molecule has 0 unspecified atom stereocenters. The number of hydrogen-bond donors (Lipinski definition) is 1. The fourth-order valence-corrected chi connectivity index (χ4v) is 1.53. The summed E-state index contributed by atoms with van der Waals surface area (Å²) in [4.78, 5) is 0. The summed E-state index contributed by atoms with van der Waals surface area (Å²) >= 11 is 0. The first-order valence-electron chi connectivity index (χ1n) is 4.92. The van der Waals surface area contributed by atoms with Gasteiger partial charge >= 0.3 is 0 Å². The molecule has 2 heteroatoms. The molecule has 0 saturated carbocycles. The molecule has 1 aromatic carbocycles. The van der Waals surface area contributed by atoms with Crippen molar-refractivity contribution in [3.63, 3.8) is 0 Å². The molecule has 2 nitrogen and oxygen atoms in total. The predicted molar refractivity (Wildman–Crippen MR) is 59.5 cm³/mol. The highest BCUT2D eigenvalue weighted by atomic mass is 16.3. The monoisotopic (exact) mass is 200 g/mol. The van der Waals surface area contributed by atoms with Crippen molar-refractivity contribution in [2.24, 2.45) is 7.05 Å². The van der Waals surface area contributed by atoms with Crippen molar-refractivity contribution in [1.29, 1.82) is 0 Å². The lowest BCUT2D eigenvalue weighted by atomic mass is 10.0. The molecular weight excluding hydrogens is 186 g/mol. The van der Waals surface area contributed by atoms with Crippen molar-refractivity contribution in [3.8, 4) is 16.9 Å². The Morgan fingerprint density at radius 3 is 2.27 bits per heavy atom. The summed E-state index contributed by atoms with van der Waals surface area (Å²) < 4.78 is 2.00. The van der Waals surface area contributed by atoms with Crippen LogP contribution in [-0.4, -0.2) is 5.11 Å². The van der Waals surface area contributed by atoms with Gasteiger partial charge < -0.3 is 5.11 Å². The molecule has 76 valence electrons. The molecule has 0 aliphatic heterocycles. The van der Waals surface area contributed by atoms with Crippen LogP contribution < -0.4 is 4.57 Å². The predicted octanol–water partition coefficient (Wildman–Crippen LogP) is 2.19. The van der Waals surface area contributed by atoms with E-state index in [1.807, 2.05) is 43.1 Å². The summed E-state index contributed by atoms with van der Waals surface area (Å²) in [6.07, 6.45) is 4.02. The van der Waals surface area contributed by atoms with E-state index in [-0.39, 0.29) is 0 Å². The highest BCUT2D eigenvalue weighted by Crippen LogP contribution is 2.24. The van der Waals surface area contributed by atoms with Gasteiger partial charge in [-0.2, -0.15) is 0 Å². The fourth-order valence-electron chi connectivity index (χ4n) is 1.53. The van der Waals surface area contributed by atoms with Crippen LogP contribution in [0.4, 0.5) is 0 Å². The lowest BCUT2D eigenvalue weighted by Crippen LogP contribution is -2.25. The Morgan fingerprint density at radius 2 is 1.67 bits per heavy atom. The second-order valence-electron chi connectivity index (χ2n) is 3.75. The smallest absolute Gasteiger partial charge is 0.169 e. The van der Waals surface area contributed by atoms with Crippen molar-refractivity contribution in [3.05, 3.63) is 48.3 Å². The van der Waals surface area contributed by atoms with Gasteiger partial charge in [0.2, 0.25) is 0 Å². The first-order valence-corrected chi connectivity index (χ1v) is 4.92. The van der Waals surface area contributed by atoms with E-state index in [4.69, 9.17) is 0 Å². The number of rotatable bonds is 1. The Labute approximate surface area is 89.4 Å². The SMILES string of the molecule is Cc1cc(-c2cc[n+](C)cc2)ccc1O. The van der Waals surface area contributed by atoms with Crippen molar-refractivity contribution in [1.82, 2.24) is 0 Å². The number of nitrogens with zero attached hydrogens (tertiary/aromatic N) is 1. The maximum Gasteiger partial charge on any atom is 0.169 e. The number of phenols is 1. The molecule has 0 spiro atoms. The molecule has 0 radical (unpaired) electrons. The van der Waals surface area contributed by atoms with Crippen molar-refractivity contribution in [2.75, 3.05) is 0 Å². The number of hydrogen-bond acceptors (Lipinski definition) is 1. The van der Waals surface area contributed by atoms with Gasteiger partial charge in [-0.1, -0.05) is 6.07 Å². The van der Waals surface area contributed by atoms with E-state index in [0.717, 1.165) is 16.7 Å². The highest BCUT2D eigenvalue weighted by Gasteiger charge is 2.02. The quantitative estimate of drug-likeness (QED) is 0.701. The summed E-state index contributed by atoms with van der Waals surface area (Å²) in [5.41, 5.74) is 3.20. The van der Waals surface area contributed by atoms with E-state index in [0.29, 0.717) is 5.75 Å². The first-order chi connectivity index (χ1) is 7.16. The molecule has 2 aromatic rings. The zero-order chi connectivity index (χ0) is 10.8. The van der Waals surface area contributed by atoms with Gasteiger partial charge in [0.15, 0.2) is 12.4 Å². The molecule has 0 aliphatic carbocycles. The molecule has 2 rings (SSSR count). The maximum absolute atomic E-state index is 9.43. The van der Waals surface area contributed by atoms with E-state index < -0.39 is 0 Å². The lowest BCUT2D eigenvalue weighted by molar-refractivity contribution is -0.671. The Bertz CT molecular complexity index is 474. The summed E-state index contributed by atoms with van der Waals surface area (Å²) in [5, 5.41) is 9.43. The Hall–Kier alpha value is -1.83. The number of phenolic OH excluding ortho intramolecular Hbond substituents is 1. The van der Waals surface area contributed by atoms with Gasteiger partial charge in [0, 0.05) is 12.1 Å². The highest BCUT2D eigenvalue weighted by molar-refractivity contribution is 5.64. The third-order valence-corrected chi connectivity index (χ3v) is 2.51. The van der Waals surface area contributed by atoms with Crippen LogP contribution in [0.2, 0.25) is 0 Å². The van der Waals surface area contributed by atoms with Crippen LogP contribution in [0.25, 0.3) is 11.1 Å². The van der Waals surface area contributed by atoms with Crippen molar-refractivity contribution < 1.29 is 9.67 Å². The zero-order valence-electron chi connectivity index (χ0n) is 8.94. The average Bonchev–Trinajstić information content (AvgIpc) is 2.23. The molecule has 0 fully saturated rings. The van der Waals surface area contributed by atoms with Gasteiger partial charge in [0.05, 0.1) is 0 Å². The van der Waals surface area contributed by atoms with Gasteiger partial charge in [-0.15, -0.1) is 0 Å². The van der Waals surface area contributed by atoms with Crippen LogP contribution in [-0.2, 0) is 7.05 Å². The van der Waals surface area contributed by atoms with Gasteiger partial charge in [0.25, 0.3) is 0 Å². The van der Waals surface area contributed by atoms with Crippen LogP contribution in [0.15, 0.2) is 42.7 Å². The zero-order valence-corrected chi connectivity index (χ0v) is 8.94. The topological polar surface area (TPSA) is 24.1 Å². The third-order valence-electron chi connectivity index (χ3n) is 2.51. The molecule has 1 aromatic heterocycles. The number of aryl methyl sites for hydroxylation is 2. The lowest BCUT2D eigenvalue weighted by Gasteiger charge is -2.03. The van der Waals surface area contributed by atoms with Crippen LogP contribution in [0.5, 0.6) is 5.75 Å². The number of aromatic nitrogens is 1. The molecular formula is C13H14NO+. The third kappa shape index (κ3) is 1.99. The van der Waals surface area contributed by atoms with Gasteiger partial charge in [-0.05, 0) is 35.7 Å². The van der Waals surface area contributed by atoms with Crippen molar-refractivity contribution in [2.45, 2.75) is 6.92 Å². The number of aromatic hydroxyl groups is 1. The molecule has 0 bridgehead atoms. The summed E-state index contributed by atoms with van der Waals surface area (Å²) in [6, 6.07) is 9.78. The fraction of sp³-hybridized carbons (Fsp3) is 0.154. The largest absolute Gasteiger partial charge is 0.508 e. The second-order valence-corrected chi connectivity index (χ2v) is 3.75. The van der Waals surface area contributed by atoms with Gasteiger partial charge in [0.1, 0.15) is 12.8 Å². The second kappa shape index (κ2) is 3.73. The van der Waals surface area contributed by atoms with Gasteiger partial charge in [-0.25, -0.2) is 4.57 Å². The molecule has 0 aliphatic rings. The van der Waals surface area contributed by atoms with Crippen molar-refractivity contribution >= 4 is 0 Å². The van der Waals surface area contributed by atoms with E-state index in [1.54, 1.807) is 6.07 Å². The summed E-state index contributed by atoms with van der Waals surface area (Å²) in [6.45, 7) is 1.90. The van der Waals surface area contributed by atoms with E-state index in [2.05, 4.69) is 12.1 Å². The minimum absolute atomic E-state index is 0.347. The Kier molecular flexibility index (Phi) is 2.42. The van der Waals surface area contributed by atoms with E-state index in [1.165, 1.54) is 0 Å². The van der Waals surface area contributed by atoms with Crippen LogP contribution >= 0.6 is 0 Å². The normalized spacial score (nSPS) is 10.3. The summed E-state index contributed by atoms with van der Waals surface area (Å²) in [5.74, 6) is 0.347. The molecule has 0 amide bonds. The van der Waals surface area contributed by atoms with Crippen LogP contribution in [0.1, 0.15) is 5.56 Å². The van der Waals surface area contributed by atoms with Crippen LogP contribution in [0, 0.1) is 6.92 Å². The van der Waals surface area contributed by atoms with Crippen LogP contribution in [0.3, 0.4) is 0 Å². The maximum atomic E-state index is 9.43. The summed E-state index contributed by atoms with van der Waals surface area (Å²) in [7, 11) is 1.99. The molecule has 0 saturated heterocycles.